The van der Waals surface area contributed by atoms with E-state index in [-0.39, 0.29) is 17.6 Å². The van der Waals surface area contributed by atoms with Gasteiger partial charge in [-0.1, -0.05) is 49.6 Å². The zero-order valence-electron chi connectivity index (χ0n) is 17.7. The molecule has 6 nitrogen and oxygen atoms in total. The fraction of sp³-hybridized carbons (Fsp3) is 0.280. The van der Waals surface area contributed by atoms with Crippen LogP contribution < -0.4 is 10.2 Å². The van der Waals surface area contributed by atoms with Gasteiger partial charge in [-0.2, -0.15) is 0 Å². The lowest BCUT2D eigenvalue weighted by atomic mass is 9.94. The van der Waals surface area contributed by atoms with Gasteiger partial charge in [0.1, 0.15) is 17.6 Å². The number of rotatable bonds is 6. The van der Waals surface area contributed by atoms with Crippen molar-refractivity contribution >= 4 is 17.5 Å². The SMILES string of the molecule is O=C(NC1CCCCC1)[C@H](c1ccccc1)N(C(=O)c1cnccn1)c1ccc(F)cc1. The van der Waals surface area contributed by atoms with Gasteiger partial charge in [0.2, 0.25) is 5.91 Å². The Morgan fingerprint density at radius 3 is 2.34 bits per heavy atom. The minimum absolute atomic E-state index is 0.0733. The number of amides is 2. The van der Waals surface area contributed by atoms with E-state index in [2.05, 4.69) is 15.3 Å². The summed E-state index contributed by atoms with van der Waals surface area (Å²) >= 11 is 0. The Morgan fingerprint density at radius 2 is 1.69 bits per heavy atom. The fourth-order valence-electron chi connectivity index (χ4n) is 4.10. The van der Waals surface area contributed by atoms with Crippen molar-refractivity contribution in [3.8, 4) is 0 Å². The minimum Gasteiger partial charge on any atom is -0.351 e. The Kier molecular flexibility index (Phi) is 6.84. The van der Waals surface area contributed by atoms with Crippen molar-refractivity contribution in [1.82, 2.24) is 15.3 Å². The van der Waals surface area contributed by atoms with Crippen LogP contribution in [0.4, 0.5) is 10.1 Å². The van der Waals surface area contributed by atoms with Gasteiger partial charge >= 0.3 is 0 Å². The molecule has 1 fully saturated rings. The molecule has 1 atom stereocenters. The smallest absolute Gasteiger partial charge is 0.279 e. The predicted molar refractivity (Wildman–Crippen MR) is 119 cm³/mol. The van der Waals surface area contributed by atoms with E-state index in [0.717, 1.165) is 25.7 Å². The van der Waals surface area contributed by atoms with Crippen LogP contribution in [0, 0.1) is 5.82 Å². The molecule has 0 bridgehead atoms. The molecule has 0 radical (unpaired) electrons. The van der Waals surface area contributed by atoms with E-state index in [1.807, 2.05) is 30.3 Å². The summed E-state index contributed by atoms with van der Waals surface area (Å²) in [5.74, 6) is -1.19. The van der Waals surface area contributed by atoms with Gasteiger partial charge in [-0.05, 0) is 42.7 Å². The summed E-state index contributed by atoms with van der Waals surface area (Å²) in [6, 6.07) is 13.8. The third-order valence-electron chi connectivity index (χ3n) is 5.68. The standard InChI is InChI=1S/C25H25FN4O2/c26-19-11-13-21(14-12-19)30(25(32)22-17-27-15-16-28-22)23(18-7-3-1-4-8-18)24(31)29-20-9-5-2-6-10-20/h1,3-4,7-8,11-17,20,23H,2,5-6,9-10H2,(H,29,31)/t23-/m0/s1. The molecule has 1 aromatic heterocycles. The Hall–Kier alpha value is -3.61. The van der Waals surface area contributed by atoms with Crippen LogP contribution >= 0.6 is 0 Å². The van der Waals surface area contributed by atoms with Crippen molar-refractivity contribution in [2.45, 2.75) is 44.2 Å². The molecule has 1 heterocycles. The molecule has 2 aromatic carbocycles. The number of carbonyl (C=O) groups excluding carboxylic acids is 2. The van der Waals surface area contributed by atoms with Crippen molar-refractivity contribution in [3.05, 3.63) is 90.3 Å². The van der Waals surface area contributed by atoms with E-state index < -0.39 is 17.8 Å². The zero-order valence-corrected chi connectivity index (χ0v) is 17.7. The van der Waals surface area contributed by atoms with E-state index >= 15 is 0 Å². The van der Waals surface area contributed by atoms with Gasteiger partial charge in [0.25, 0.3) is 5.91 Å². The van der Waals surface area contributed by atoms with Crippen molar-refractivity contribution in [1.29, 1.82) is 0 Å². The van der Waals surface area contributed by atoms with Crippen molar-refractivity contribution in [3.63, 3.8) is 0 Å². The second-order valence-corrected chi connectivity index (χ2v) is 7.90. The summed E-state index contributed by atoms with van der Waals surface area (Å²) in [5.41, 5.74) is 1.15. The van der Waals surface area contributed by atoms with Crippen molar-refractivity contribution in [2.24, 2.45) is 0 Å². The average molecular weight is 432 g/mol. The van der Waals surface area contributed by atoms with Gasteiger partial charge in [0.05, 0.1) is 6.20 Å². The largest absolute Gasteiger partial charge is 0.351 e. The Labute approximate surface area is 186 Å². The predicted octanol–water partition coefficient (Wildman–Crippen LogP) is 4.45. The third-order valence-corrected chi connectivity index (χ3v) is 5.68. The van der Waals surface area contributed by atoms with Crippen molar-refractivity contribution < 1.29 is 14.0 Å². The molecule has 1 saturated carbocycles. The van der Waals surface area contributed by atoms with E-state index in [4.69, 9.17) is 0 Å². The summed E-state index contributed by atoms with van der Waals surface area (Å²) in [6.45, 7) is 0. The molecule has 7 heteroatoms. The lowest BCUT2D eigenvalue weighted by Gasteiger charge is -2.33. The summed E-state index contributed by atoms with van der Waals surface area (Å²) in [5, 5.41) is 3.14. The number of halogens is 1. The molecular formula is C25H25FN4O2. The maximum Gasteiger partial charge on any atom is 0.279 e. The van der Waals surface area contributed by atoms with Crippen LogP contribution in [0.15, 0.2) is 73.2 Å². The molecular weight excluding hydrogens is 407 g/mol. The highest BCUT2D eigenvalue weighted by Crippen LogP contribution is 2.30. The number of nitrogens with zero attached hydrogens (tertiary/aromatic N) is 3. The maximum absolute atomic E-state index is 13.7. The molecule has 0 unspecified atom stereocenters. The highest BCUT2D eigenvalue weighted by molar-refractivity contribution is 6.09. The Bertz CT molecular complexity index is 1040. The lowest BCUT2D eigenvalue weighted by Crippen LogP contribution is -2.47. The molecule has 2 amide bonds. The van der Waals surface area contributed by atoms with E-state index in [1.165, 1.54) is 54.2 Å². The van der Waals surface area contributed by atoms with Crippen LogP contribution in [0.2, 0.25) is 0 Å². The van der Waals surface area contributed by atoms with Gasteiger partial charge < -0.3 is 5.32 Å². The number of carbonyl (C=O) groups is 2. The molecule has 0 spiro atoms. The van der Waals surface area contributed by atoms with E-state index in [9.17, 15) is 14.0 Å². The second-order valence-electron chi connectivity index (χ2n) is 7.90. The first kappa shape index (κ1) is 21.6. The van der Waals surface area contributed by atoms with Gasteiger partial charge in [0, 0.05) is 24.1 Å². The number of anilines is 1. The highest BCUT2D eigenvalue weighted by Gasteiger charge is 2.35. The molecule has 1 aliphatic rings. The fourth-order valence-corrected chi connectivity index (χ4v) is 4.10. The summed E-state index contributed by atoms with van der Waals surface area (Å²) in [6.07, 6.45) is 9.41. The summed E-state index contributed by atoms with van der Waals surface area (Å²) < 4.78 is 13.7. The number of benzene rings is 2. The first-order chi connectivity index (χ1) is 15.6. The molecule has 0 saturated heterocycles. The quantitative estimate of drug-likeness (QED) is 0.624. The van der Waals surface area contributed by atoms with Crippen LogP contribution in [-0.2, 0) is 4.79 Å². The molecule has 4 rings (SSSR count). The zero-order chi connectivity index (χ0) is 22.3. The van der Waals surface area contributed by atoms with Crippen LogP contribution in [0.1, 0.15) is 54.2 Å². The number of nitrogens with one attached hydrogen (secondary N) is 1. The van der Waals surface area contributed by atoms with E-state index in [1.54, 1.807) is 0 Å². The molecule has 3 aromatic rings. The van der Waals surface area contributed by atoms with Gasteiger partial charge in [-0.3, -0.25) is 19.5 Å². The maximum atomic E-state index is 13.7. The van der Waals surface area contributed by atoms with Crippen LogP contribution in [0.5, 0.6) is 0 Å². The topological polar surface area (TPSA) is 75.2 Å². The van der Waals surface area contributed by atoms with Gasteiger partial charge in [-0.15, -0.1) is 0 Å². The molecule has 32 heavy (non-hydrogen) atoms. The van der Waals surface area contributed by atoms with Gasteiger partial charge in [-0.25, -0.2) is 9.37 Å². The first-order valence-corrected chi connectivity index (χ1v) is 10.8. The highest BCUT2D eigenvalue weighted by atomic mass is 19.1. The molecule has 164 valence electrons. The molecule has 0 aliphatic heterocycles. The minimum atomic E-state index is -0.946. The molecule has 1 aliphatic carbocycles. The van der Waals surface area contributed by atoms with Gasteiger partial charge in [0.15, 0.2) is 0 Å². The van der Waals surface area contributed by atoms with Crippen LogP contribution in [-0.4, -0.2) is 27.8 Å². The lowest BCUT2D eigenvalue weighted by molar-refractivity contribution is -0.123. The average Bonchev–Trinajstić information content (AvgIpc) is 2.84. The summed E-state index contributed by atoms with van der Waals surface area (Å²) in [7, 11) is 0. The Morgan fingerprint density at radius 1 is 0.969 bits per heavy atom. The summed E-state index contributed by atoms with van der Waals surface area (Å²) in [4.78, 5) is 36.7. The normalized spacial score (nSPS) is 15.0. The number of aromatic nitrogens is 2. The monoisotopic (exact) mass is 432 g/mol. The number of hydrogen-bond acceptors (Lipinski definition) is 4. The second kappa shape index (κ2) is 10.1. The van der Waals surface area contributed by atoms with Crippen LogP contribution in [0.3, 0.4) is 0 Å². The molecule has 1 N–H and O–H groups in total. The van der Waals surface area contributed by atoms with Crippen molar-refractivity contribution in [2.75, 3.05) is 4.90 Å². The van der Waals surface area contributed by atoms with Crippen LogP contribution in [0.25, 0.3) is 0 Å². The first-order valence-electron chi connectivity index (χ1n) is 10.8. The third kappa shape index (κ3) is 4.99. The Balaban J connectivity index is 1.77. The van der Waals surface area contributed by atoms with E-state index in [0.29, 0.717) is 11.3 Å². The number of hydrogen-bond donors (Lipinski definition) is 1.